The van der Waals surface area contributed by atoms with Gasteiger partial charge in [0.15, 0.2) is 5.11 Å². The van der Waals surface area contributed by atoms with E-state index in [1.165, 1.54) is 5.56 Å². The van der Waals surface area contributed by atoms with Gasteiger partial charge in [-0.1, -0.05) is 30.3 Å². The van der Waals surface area contributed by atoms with Crippen molar-refractivity contribution in [3.8, 4) is 0 Å². The molecule has 0 aliphatic carbocycles. The molecule has 0 aliphatic heterocycles. The molecule has 5 heteroatoms. The summed E-state index contributed by atoms with van der Waals surface area (Å²) in [4.78, 5) is 10.3. The van der Waals surface area contributed by atoms with Gasteiger partial charge in [-0.15, -0.1) is 0 Å². The summed E-state index contributed by atoms with van der Waals surface area (Å²) >= 11 is 5.08. The summed E-state index contributed by atoms with van der Waals surface area (Å²) in [6, 6.07) is 10.2. The van der Waals surface area contributed by atoms with Gasteiger partial charge in [-0.2, -0.15) is 0 Å². The first-order valence-corrected chi connectivity index (χ1v) is 6.37. The Balaban J connectivity index is 2.05. The topological polar surface area (TPSA) is 61.4 Å². The van der Waals surface area contributed by atoms with E-state index < -0.39 is 5.97 Å². The van der Waals surface area contributed by atoms with Crippen LogP contribution < -0.4 is 10.6 Å². The SMILES string of the molecule is O=C(O)CCCNC(=S)NCCc1ccccc1. The normalized spacial score (nSPS) is 9.78. The molecular formula is C13H18N2O2S. The average molecular weight is 266 g/mol. The van der Waals surface area contributed by atoms with Gasteiger partial charge >= 0.3 is 5.97 Å². The van der Waals surface area contributed by atoms with Gasteiger partial charge in [-0.3, -0.25) is 4.79 Å². The smallest absolute Gasteiger partial charge is 0.303 e. The Morgan fingerprint density at radius 2 is 1.83 bits per heavy atom. The molecule has 0 fully saturated rings. The van der Waals surface area contributed by atoms with Gasteiger partial charge in [-0.25, -0.2) is 0 Å². The third-order valence-corrected chi connectivity index (χ3v) is 2.68. The zero-order chi connectivity index (χ0) is 13.2. The molecule has 98 valence electrons. The van der Waals surface area contributed by atoms with Crippen molar-refractivity contribution in [1.29, 1.82) is 0 Å². The molecule has 0 bridgehead atoms. The average Bonchev–Trinajstić information content (AvgIpc) is 2.36. The predicted molar refractivity (Wildman–Crippen MR) is 75.6 cm³/mol. The molecular weight excluding hydrogens is 248 g/mol. The first kappa shape index (κ1) is 14.4. The van der Waals surface area contributed by atoms with Gasteiger partial charge in [0.2, 0.25) is 0 Å². The van der Waals surface area contributed by atoms with Crippen LogP contribution in [0.5, 0.6) is 0 Å². The van der Waals surface area contributed by atoms with Gasteiger partial charge in [-0.05, 0) is 30.6 Å². The van der Waals surface area contributed by atoms with Crippen LogP contribution in [0.4, 0.5) is 0 Å². The Kier molecular flexibility index (Phi) is 6.79. The summed E-state index contributed by atoms with van der Waals surface area (Å²) < 4.78 is 0. The zero-order valence-electron chi connectivity index (χ0n) is 10.2. The van der Waals surface area contributed by atoms with Crippen molar-refractivity contribution in [2.45, 2.75) is 19.3 Å². The Morgan fingerprint density at radius 3 is 2.50 bits per heavy atom. The van der Waals surface area contributed by atoms with Gasteiger partial charge < -0.3 is 15.7 Å². The van der Waals surface area contributed by atoms with Crippen LogP contribution in [0.2, 0.25) is 0 Å². The minimum Gasteiger partial charge on any atom is -0.481 e. The Labute approximate surface area is 112 Å². The lowest BCUT2D eigenvalue weighted by atomic mass is 10.1. The van der Waals surface area contributed by atoms with Crippen LogP contribution in [0.3, 0.4) is 0 Å². The lowest BCUT2D eigenvalue weighted by Crippen LogP contribution is -2.36. The van der Waals surface area contributed by atoms with E-state index in [-0.39, 0.29) is 6.42 Å². The van der Waals surface area contributed by atoms with Gasteiger partial charge in [0, 0.05) is 19.5 Å². The number of carboxylic acids is 1. The predicted octanol–water partition coefficient (Wildman–Crippen LogP) is 1.56. The van der Waals surface area contributed by atoms with Crippen LogP contribution in [-0.4, -0.2) is 29.3 Å². The van der Waals surface area contributed by atoms with Crippen molar-refractivity contribution in [3.05, 3.63) is 35.9 Å². The minimum absolute atomic E-state index is 0.166. The maximum Gasteiger partial charge on any atom is 0.303 e. The van der Waals surface area contributed by atoms with Crippen molar-refractivity contribution < 1.29 is 9.90 Å². The van der Waals surface area contributed by atoms with E-state index in [2.05, 4.69) is 22.8 Å². The van der Waals surface area contributed by atoms with Crippen molar-refractivity contribution in [2.24, 2.45) is 0 Å². The minimum atomic E-state index is -0.778. The first-order valence-electron chi connectivity index (χ1n) is 5.96. The summed E-state index contributed by atoms with van der Waals surface area (Å²) in [5.74, 6) is -0.778. The summed E-state index contributed by atoms with van der Waals surface area (Å²) in [6.07, 6.45) is 1.66. The fraction of sp³-hybridized carbons (Fsp3) is 0.385. The molecule has 1 rings (SSSR count). The third kappa shape index (κ3) is 6.85. The number of hydrogen-bond donors (Lipinski definition) is 3. The quantitative estimate of drug-likeness (QED) is 0.516. The summed E-state index contributed by atoms with van der Waals surface area (Å²) in [6.45, 7) is 1.36. The number of benzene rings is 1. The van der Waals surface area contributed by atoms with Crippen LogP contribution in [0, 0.1) is 0 Å². The lowest BCUT2D eigenvalue weighted by molar-refractivity contribution is -0.137. The highest BCUT2D eigenvalue weighted by Gasteiger charge is 1.98. The second-order valence-electron chi connectivity index (χ2n) is 3.92. The molecule has 0 saturated heterocycles. The van der Waals surface area contributed by atoms with E-state index >= 15 is 0 Å². The van der Waals surface area contributed by atoms with E-state index in [9.17, 15) is 4.79 Å². The molecule has 1 aromatic carbocycles. The molecule has 0 heterocycles. The maximum atomic E-state index is 10.3. The molecule has 0 aliphatic rings. The molecule has 0 amide bonds. The Bertz CT molecular complexity index is 382. The molecule has 0 radical (unpaired) electrons. The standard InChI is InChI=1S/C13H18N2O2S/c16-12(17)7-4-9-14-13(18)15-10-8-11-5-2-1-3-6-11/h1-3,5-6H,4,7-10H2,(H,16,17)(H2,14,15,18). The van der Waals surface area contributed by atoms with E-state index in [0.717, 1.165) is 13.0 Å². The highest BCUT2D eigenvalue weighted by atomic mass is 32.1. The molecule has 0 saturated carbocycles. The van der Waals surface area contributed by atoms with Crippen molar-refractivity contribution in [2.75, 3.05) is 13.1 Å². The fourth-order valence-electron chi connectivity index (χ4n) is 1.47. The summed E-state index contributed by atoms with van der Waals surface area (Å²) in [5, 5.41) is 15.1. The first-order chi connectivity index (χ1) is 8.68. The molecule has 0 unspecified atom stereocenters. The molecule has 0 atom stereocenters. The van der Waals surface area contributed by atoms with Crippen LogP contribution in [0.25, 0.3) is 0 Å². The number of carbonyl (C=O) groups is 1. The highest BCUT2D eigenvalue weighted by molar-refractivity contribution is 7.80. The Hall–Kier alpha value is -1.62. The molecule has 3 N–H and O–H groups in total. The number of aliphatic carboxylic acids is 1. The van der Waals surface area contributed by atoms with E-state index in [1.54, 1.807) is 0 Å². The molecule has 1 aromatic rings. The second kappa shape index (κ2) is 8.47. The zero-order valence-corrected chi connectivity index (χ0v) is 11.0. The van der Waals surface area contributed by atoms with Crippen LogP contribution >= 0.6 is 12.2 Å². The summed E-state index contributed by atoms with van der Waals surface area (Å²) in [7, 11) is 0. The Morgan fingerprint density at radius 1 is 1.17 bits per heavy atom. The van der Waals surface area contributed by atoms with Crippen LogP contribution in [0.1, 0.15) is 18.4 Å². The molecule has 0 spiro atoms. The number of carboxylic acid groups (broad SMARTS) is 1. The van der Waals surface area contributed by atoms with Crippen molar-refractivity contribution in [1.82, 2.24) is 10.6 Å². The summed E-state index contributed by atoms with van der Waals surface area (Å²) in [5.41, 5.74) is 1.26. The number of thiocarbonyl (C=S) groups is 1. The largest absolute Gasteiger partial charge is 0.481 e. The monoisotopic (exact) mass is 266 g/mol. The molecule has 18 heavy (non-hydrogen) atoms. The van der Waals surface area contributed by atoms with E-state index in [1.807, 2.05) is 18.2 Å². The maximum absolute atomic E-state index is 10.3. The highest BCUT2D eigenvalue weighted by Crippen LogP contribution is 1.97. The molecule has 0 aromatic heterocycles. The van der Waals surface area contributed by atoms with Crippen molar-refractivity contribution in [3.63, 3.8) is 0 Å². The van der Waals surface area contributed by atoms with E-state index in [4.69, 9.17) is 17.3 Å². The fourth-order valence-corrected chi connectivity index (χ4v) is 1.67. The molecule has 4 nitrogen and oxygen atoms in total. The lowest BCUT2D eigenvalue weighted by Gasteiger charge is -2.09. The number of nitrogens with one attached hydrogen (secondary N) is 2. The van der Waals surface area contributed by atoms with Crippen LogP contribution in [0.15, 0.2) is 30.3 Å². The van der Waals surface area contributed by atoms with Gasteiger partial charge in [0.05, 0.1) is 0 Å². The third-order valence-electron chi connectivity index (χ3n) is 2.40. The van der Waals surface area contributed by atoms with Gasteiger partial charge in [0.25, 0.3) is 0 Å². The van der Waals surface area contributed by atoms with Crippen LogP contribution in [-0.2, 0) is 11.2 Å². The van der Waals surface area contributed by atoms with Crippen molar-refractivity contribution >= 4 is 23.3 Å². The number of hydrogen-bond acceptors (Lipinski definition) is 2. The number of rotatable bonds is 7. The van der Waals surface area contributed by atoms with Gasteiger partial charge in [0.1, 0.15) is 0 Å². The van der Waals surface area contributed by atoms with E-state index in [0.29, 0.717) is 18.1 Å². The second-order valence-corrected chi connectivity index (χ2v) is 4.32.